The average Bonchev–Trinajstić information content (AvgIpc) is 1.30. The van der Waals surface area contributed by atoms with E-state index in [0.717, 1.165) is 10.9 Å². The molecule has 0 aromatic carbocycles. The minimum Gasteiger partial charge on any atom is -0.338 e. The van der Waals surface area contributed by atoms with Crippen molar-refractivity contribution >= 4 is 0 Å². The van der Waals surface area contributed by atoms with Gasteiger partial charge in [-0.1, -0.05) is 0 Å². The van der Waals surface area contributed by atoms with Crippen molar-refractivity contribution in [1.82, 2.24) is 0 Å². The molecule has 0 radical (unpaired) electrons. The molecule has 0 bridgehead atoms. The number of rotatable bonds is 2. The van der Waals surface area contributed by atoms with E-state index >= 15 is 0 Å². The van der Waals surface area contributed by atoms with Crippen molar-refractivity contribution in [3.63, 3.8) is 0 Å². The third-order valence-electron chi connectivity index (χ3n) is 0.829. The van der Waals surface area contributed by atoms with Gasteiger partial charge in [-0.05, 0) is 0 Å². The van der Waals surface area contributed by atoms with E-state index in [2.05, 4.69) is 28.1 Å². The second-order valence-electron chi connectivity index (χ2n) is 2.87. The third-order valence-corrected chi connectivity index (χ3v) is 0.829. The first-order valence-electron chi connectivity index (χ1n) is 2.66. The van der Waals surface area contributed by atoms with Crippen LogP contribution in [-0.2, 0) is 32.7 Å². The number of hydrogen-bond acceptors (Lipinski definition) is 0. The van der Waals surface area contributed by atoms with E-state index in [0.29, 0.717) is 0 Å². The summed E-state index contributed by atoms with van der Waals surface area (Å²) in [5.41, 5.74) is 0. The zero-order valence-corrected chi connectivity index (χ0v) is 8.98. The molecule has 8 heavy (non-hydrogen) atoms. The molecule has 0 fully saturated rings. The van der Waals surface area contributed by atoms with E-state index in [1.54, 1.807) is 0 Å². The monoisotopic (exact) mass is 190 g/mol. The van der Waals surface area contributed by atoms with E-state index in [4.69, 9.17) is 0 Å². The fourth-order valence-electron chi connectivity index (χ4n) is 0.474. The molecule has 0 aliphatic carbocycles. The summed E-state index contributed by atoms with van der Waals surface area (Å²) in [5.74, 6) is 0. The minimum absolute atomic E-state index is 0. The molecular weight excluding hydrogens is 175 g/mol. The Labute approximate surface area is 77.9 Å². The van der Waals surface area contributed by atoms with Gasteiger partial charge in [-0.15, -0.1) is 6.42 Å². The Morgan fingerprint density at radius 1 is 1.25 bits per heavy atom. The van der Waals surface area contributed by atoms with Crippen LogP contribution in [0.25, 0.3) is 0 Å². The van der Waals surface area contributed by atoms with Gasteiger partial charge in [0, 0.05) is 0 Å². The molecule has 1 nitrogen and oxygen atoms in total. The van der Waals surface area contributed by atoms with Gasteiger partial charge in [-0.25, -0.2) is 0 Å². The molecule has 44 valence electrons. The fraction of sp³-hybridized carbons (Fsp3) is 0.833. The van der Waals surface area contributed by atoms with Gasteiger partial charge in [0.2, 0.25) is 0 Å². The largest absolute Gasteiger partial charge is 3.00 e. The quantitative estimate of drug-likeness (QED) is 0.448. The first kappa shape index (κ1) is 11.8. The Kier molecular flexibility index (Phi) is 7.23. The number of hydrogen-bond donors (Lipinski definition) is 0. The summed E-state index contributed by atoms with van der Waals surface area (Å²) in [5, 5.41) is 0. The average molecular weight is 190 g/mol. The van der Waals surface area contributed by atoms with Gasteiger partial charge in [0.1, 0.15) is 0 Å². The predicted molar refractivity (Wildman–Crippen MR) is 32.9 cm³/mol. The second kappa shape index (κ2) is 4.90. The summed E-state index contributed by atoms with van der Waals surface area (Å²) >= 11 is 0. The molecule has 0 amide bonds. The molecule has 2 heteroatoms. The summed E-state index contributed by atoms with van der Waals surface area (Å²) in [6.45, 7) is 4.92. The molecule has 0 saturated heterocycles. The zero-order chi connectivity index (χ0) is 5.91. The molecule has 0 unspecified atom stereocenters. The maximum Gasteiger partial charge on any atom is 3.00 e. The smallest absolute Gasteiger partial charge is 0.338 e. The molecule has 0 heterocycles. The van der Waals surface area contributed by atoms with Crippen molar-refractivity contribution in [3.05, 3.63) is 6.92 Å². The van der Waals surface area contributed by atoms with E-state index in [1.807, 2.05) is 0 Å². The maximum absolute atomic E-state index is 3.76. The Balaban J connectivity index is 0. The number of quaternary nitrogens is 1. The Morgan fingerprint density at radius 3 is 1.62 bits per heavy atom. The van der Waals surface area contributed by atoms with Crippen molar-refractivity contribution in [1.29, 1.82) is 0 Å². The molecule has 0 saturated carbocycles. The molecule has 0 rings (SSSR count). The van der Waals surface area contributed by atoms with E-state index < -0.39 is 0 Å². The zero-order valence-electron chi connectivity index (χ0n) is 6.15. The van der Waals surface area contributed by atoms with Crippen molar-refractivity contribution in [3.8, 4) is 0 Å². The van der Waals surface area contributed by atoms with Crippen LogP contribution < -0.4 is 0 Å². The molecule has 0 aliphatic heterocycles. The molecule has 0 aromatic rings. The van der Waals surface area contributed by atoms with Crippen LogP contribution in [0.3, 0.4) is 0 Å². The Hall–Kier alpha value is 1.06. The molecule has 0 aromatic heterocycles. The first-order valence-corrected chi connectivity index (χ1v) is 2.66. The minimum atomic E-state index is 0. The maximum atomic E-state index is 3.76. The van der Waals surface area contributed by atoms with Gasteiger partial charge in [0.15, 0.2) is 0 Å². The standard InChI is InChI=1S/C6H15N.Y/c1-5-6-7(2,3)4;/h1,5-6H2,2-4H3;/q;+3. The van der Waals surface area contributed by atoms with Crippen molar-refractivity contribution in [2.24, 2.45) is 0 Å². The Morgan fingerprint density at radius 2 is 1.62 bits per heavy atom. The van der Waals surface area contributed by atoms with Gasteiger partial charge in [0.25, 0.3) is 0 Å². The van der Waals surface area contributed by atoms with Crippen molar-refractivity contribution < 1.29 is 37.2 Å². The summed E-state index contributed by atoms with van der Waals surface area (Å²) < 4.78 is 1.03. The van der Waals surface area contributed by atoms with E-state index in [1.165, 1.54) is 6.54 Å². The van der Waals surface area contributed by atoms with Crippen LogP contribution in [0, 0.1) is 6.92 Å². The van der Waals surface area contributed by atoms with Crippen LogP contribution in [0.4, 0.5) is 0 Å². The van der Waals surface area contributed by atoms with E-state index in [-0.39, 0.29) is 32.7 Å². The van der Waals surface area contributed by atoms with Gasteiger partial charge >= 0.3 is 32.7 Å². The summed E-state index contributed by atoms with van der Waals surface area (Å²) in [6.07, 6.45) is 1.03. The predicted octanol–water partition coefficient (Wildman–Crippen LogP) is 0.914. The molecule has 0 N–H and O–H groups in total. The van der Waals surface area contributed by atoms with Crippen LogP contribution in [-0.4, -0.2) is 32.2 Å². The van der Waals surface area contributed by atoms with Gasteiger partial charge in [-0.3, -0.25) is 0 Å². The first-order chi connectivity index (χ1) is 3.06. The van der Waals surface area contributed by atoms with Gasteiger partial charge in [0.05, 0.1) is 27.7 Å². The summed E-state index contributed by atoms with van der Waals surface area (Å²) in [6, 6.07) is 0. The topological polar surface area (TPSA) is 0 Å². The fourth-order valence-corrected chi connectivity index (χ4v) is 0.474. The van der Waals surface area contributed by atoms with Crippen molar-refractivity contribution in [2.75, 3.05) is 27.7 Å². The van der Waals surface area contributed by atoms with Crippen LogP contribution in [0.1, 0.15) is 6.42 Å². The van der Waals surface area contributed by atoms with Crippen LogP contribution in [0.5, 0.6) is 0 Å². The molecular formula is C6H15NY+3. The Bertz CT molecular complexity index is 47.0. The SMILES string of the molecule is [CH2-]CC[N+](C)(C)C.[Y+3]. The van der Waals surface area contributed by atoms with Crippen molar-refractivity contribution in [2.45, 2.75) is 6.42 Å². The molecule has 0 aliphatic rings. The van der Waals surface area contributed by atoms with Gasteiger partial charge < -0.3 is 11.4 Å². The number of nitrogens with zero attached hydrogens (tertiary/aromatic N) is 1. The summed E-state index contributed by atoms with van der Waals surface area (Å²) in [4.78, 5) is 0. The normalized spacial score (nSPS) is 10.5. The van der Waals surface area contributed by atoms with Crippen LogP contribution in [0.15, 0.2) is 0 Å². The van der Waals surface area contributed by atoms with E-state index in [9.17, 15) is 0 Å². The van der Waals surface area contributed by atoms with Gasteiger partial charge in [-0.2, -0.15) is 0 Å². The third kappa shape index (κ3) is 10.1. The van der Waals surface area contributed by atoms with Crippen LogP contribution >= 0.6 is 0 Å². The van der Waals surface area contributed by atoms with Crippen LogP contribution in [0.2, 0.25) is 0 Å². The molecule has 0 atom stereocenters. The molecule has 0 spiro atoms. The summed E-state index contributed by atoms with van der Waals surface area (Å²) in [7, 11) is 6.52. The second-order valence-corrected chi connectivity index (χ2v) is 2.87.